The molecule has 7 nitrogen and oxygen atoms in total. The highest BCUT2D eigenvalue weighted by molar-refractivity contribution is 6.30. The van der Waals surface area contributed by atoms with Crippen LogP contribution in [0.4, 0.5) is 5.69 Å². The maximum absolute atomic E-state index is 12.5. The van der Waals surface area contributed by atoms with Crippen LogP contribution in [0.3, 0.4) is 0 Å². The van der Waals surface area contributed by atoms with E-state index in [0.29, 0.717) is 27.7 Å². The van der Waals surface area contributed by atoms with E-state index in [0.717, 1.165) is 0 Å². The first-order chi connectivity index (χ1) is 12.5. The maximum Gasteiger partial charge on any atom is 0.337 e. The van der Waals surface area contributed by atoms with Crippen molar-refractivity contribution < 1.29 is 14.3 Å². The molecule has 26 heavy (non-hydrogen) atoms. The number of nitrogens with zero attached hydrogens (tertiary/aromatic N) is 3. The Bertz CT molecular complexity index is 984. The number of ether oxygens (including phenoxy) is 1. The molecule has 0 aliphatic rings. The summed E-state index contributed by atoms with van der Waals surface area (Å²) in [6, 6.07) is 13.5. The molecule has 1 N–H and O–H groups in total. The van der Waals surface area contributed by atoms with Crippen molar-refractivity contribution in [2.24, 2.45) is 0 Å². The van der Waals surface area contributed by atoms with Gasteiger partial charge in [0.1, 0.15) is 0 Å². The fraction of sp³-hybridized carbons (Fsp3) is 0.111. The molecule has 132 valence electrons. The highest BCUT2D eigenvalue weighted by Crippen LogP contribution is 2.18. The molecule has 0 unspecified atom stereocenters. The van der Waals surface area contributed by atoms with Crippen LogP contribution in [0.5, 0.6) is 0 Å². The molecule has 0 fully saturated rings. The Balaban J connectivity index is 1.84. The number of carbonyl (C=O) groups excluding carboxylic acids is 2. The van der Waals surface area contributed by atoms with E-state index in [-0.39, 0.29) is 5.69 Å². The van der Waals surface area contributed by atoms with Gasteiger partial charge in [0.05, 0.1) is 24.1 Å². The van der Waals surface area contributed by atoms with Gasteiger partial charge in [-0.2, -0.15) is 0 Å². The van der Waals surface area contributed by atoms with Crippen molar-refractivity contribution in [3.63, 3.8) is 0 Å². The van der Waals surface area contributed by atoms with Crippen molar-refractivity contribution in [2.45, 2.75) is 6.92 Å². The number of benzene rings is 2. The van der Waals surface area contributed by atoms with E-state index in [9.17, 15) is 9.59 Å². The zero-order chi connectivity index (χ0) is 18.7. The second kappa shape index (κ2) is 7.37. The predicted molar refractivity (Wildman–Crippen MR) is 96.8 cm³/mol. The van der Waals surface area contributed by atoms with Gasteiger partial charge in [-0.3, -0.25) is 4.79 Å². The summed E-state index contributed by atoms with van der Waals surface area (Å²) in [7, 11) is 1.30. The Labute approximate surface area is 154 Å². The minimum absolute atomic E-state index is 0.174. The zero-order valence-electron chi connectivity index (χ0n) is 14.1. The number of methoxy groups -OCH3 is 1. The maximum atomic E-state index is 12.5. The van der Waals surface area contributed by atoms with Gasteiger partial charge in [-0.15, -0.1) is 5.10 Å². The lowest BCUT2D eigenvalue weighted by Crippen LogP contribution is -2.14. The quantitative estimate of drug-likeness (QED) is 0.712. The molecule has 0 saturated carbocycles. The number of nitrogens with one attached hydrogen (secondary N) is 1. The summed E-state index contributed by atoms with van der Waals surface area (Å²) in [4.78, 5) is 24.1. The first-order valence-corrected chi connectivity index (χ1v) is 8.05. The van der Waals surface area contributed by atoms with Crippen molar-refractivity contribution in [3.8, 4) is 5.69 Å². The first-order valence-electron chi connectivity index (χ1n) is 7.67. The van der Waals surface area contributed by atoms with Crippen LogP contribution >= 0.6 is 11.6 Å². The van der Waals surface area contributed by atoms with Crippen LogP contribution in [-0.2, 0) is 4.74 Å². The van der Waals surface area contributed by atoms with Crippen LogP contribution < -0.4 is 5.32 Å². The summed E-state index contributed by atoms with van der Waals surface area (Å²) in [5.74, 6) is -0.915. The van der Waals surface area contributed by atoms with E-state index in [4.69, 9.17) is 11.6 Å². The highest BCUT2D eigenvalue weighted by atomic mass is 35.5. The number of carbonyl (C=O) groups is 2. The van der Waals surface area contributed by atoms with Crippen LogP contribution in [-0.4, -0.2) is 34.0 Å². The van der Waals surface area contributed by atoms with Crippen molar-refractivity contribution in [1.29, 1.82) is 0 Å². The summed E-state index contributed by atoms with van der Waals surface area (Å²) >= 11 is 6.00. The monoisotopic (exact) mass is 370 g/mol. The van der Waals surface area contributed by atoms with E-state index in [1.165, 1.54) is 17.9 Å². The van der Waals surface area contributed by atoms with Crippen LogP contribution in [0, 0.1) is 6.92 Å². The molecule has 1 amide bonds. The fourth-order valence-electron chi connectivity index (χ4n) is 2.42. The van der Waals surface area contributed by atoms with Crippen molar-refractivity contribution >= 4 is 29.2 Å². The average Bonchev–Trinajstić information content (AvgIpc) is 3.03. The number of amides is 1. The molecule has 2 aromatic carbocycles. The average molecular weight is 371 g/mol. The molecule has 0 aliphatic heterocycles. The number of anilines is 1. The number of halogens is 1. The second-order valence-electron chi connectivity index (χ2n) is 5.44. The third kappa shape index (κ3) is 3.57. The Kier molecular flexibility index (Phi) is 4.99. The van der Waals surface area contributed by atoms with Crippen LogP contribution in [0.15, 0.2) is 48.5 Å². The number of esters is 1. The molecule has 8 heteroatoms. The van der Waals surface area contributed by atoms with E-state index in [1.54, 1.807) is 43.3 Å². The van der Waals surface area contributed by atoms with Crippen molar-refractivity contribution in [3.05, 3.63) is 70.5 Å². The minimum Gasteiger partial charge on any atom is -0.465 e. The SMILES string of the molecule is COC(=O)c1cccc(NC(=O)c2nnn(-c3cccc(Cl)c3)c2C)c1. The molecule has 0 spiro atoms. The van der Waals surface area contributed by atoms with Gasteiger partial charge in [-0.1, -0.05) is 28.9 Å². The Morgan fingerprint density at radius 3 is 2.65 bits per heavy atom. The van der Waals surface area contributed by atoms with Gasteiger partial charge in [0.25, 0.3) is 5.91 Å². The molecule has 1 heterocycles. The van der Waals surface area contributed by atoms with E-state index in [1.807, 2.05) is 6.07 Å². The highest BCUT2D eigenvalue weighted by Gasteiger charge is 2.18. The van der Waals surface area contributed by atoms with Crippen LogP contribution in [0.1, 0.15) is 26.5 Å². The van der Waals surface area contributed by atoms with Gasteiger partial charge in [0, 0.05) is 10.7 Å². The largest absolute Gasteiger partial charge is 0.465 e. The molecule has 3 rings (SSSR count). The Morgan fingerprint density at radius 2 is 1.92 bits per heavy atom. The Morgan fingerprint density at radius 1 is 1.15 bits per heavy atom. The van der Waals surface area contributed by atoms with Crippen molar-refractivity contribution in [1.82, 2.24) is 15.0 Å². The number of hydrogen-bond donors (Lipinski definition) is 1. The normalized spacial score (nSPS) is 10.4. The van der Waals surface area contributed by atoms with Gasteiger partial charge in [0.15, 0.2) is 5.69 Å². The number of rotatable bonds is 4. The lowest BCUT2D eigenvalue weighted by molar-refractivity contribution is 0.0600. The number of aromatic nitrogens is 3. The predicted octanol–water partition coefficient (Wildman–Crippen LogP) is 3.27. The summed E-state index contributed by atoms with van der Waals surface area (Å²) in [6.07, 6.45) is 0. The van der Waals surface area contributed by atoms with E-state index >= 15 is 0 Å². The first kappa shape index (κ1) is 17.6. The van der Waals surface area contributed by atoms with Crippen molar-refractivity contribution in [2.75, 3.05) is 12.4 Å². The molecule has 3 aromatic rings. The molecule has 0 bridgehead atoms. The topological polar surface area (TPSA) is 86.1 Å². The van der Waals surface area contributed by atoms with Crippen LogP contribution in [0.25, 0.3) is 5.69 Å². The molecule has 0 saturated heterocycles. The van der Waals surface area contributed by atoms with E-state index in [2.05, 4.69) is 20.4 Å². The summed E-state index contributed by atoms with van der Waals surface area (Å²) in [6.45, 7) is 1.74. The van der Waals surface area contributed by atoms with E-state index < -0.39 is 11.9 Å². The fourth-order valence-corrected chi connectivity index (χ4v) is 2.61. The number of hydrogen-bond acceptors (Lipinski definition) is 5. The minimum atomic E-state index is -0.482. The summed E-state index contributed by atoms with van der Waals surface area (Å²) in [5, 5.41) is 11.2. The van der Waals surface area contributed by atoms with Gasteiger partial charge in [0.2, 0.25) is 0 Å². The molecule has 0 aliphatic carbocycles. The van der Waals surface area contributed by atoms with Gasteiger partial charge < -0.3 is 10.1 Å². The molecular weight excluding hydrogens is 356 g/mol. The van der Waals surface area contributed by atoms with Gasteiger partial charge in [-0.25, -0.2) is 9.48 Å². The molecule has 0 atom stereocenters. The second-order valence-corrected chi connectivity index (χ2v) is 5.88. The molecule has 1 aromatic heterocycles. The third-order valence-electron chi connectivity index (χ3n) is 3.70. The lowest BCUT2D eigenvalue weighted by atomic mass is 10.2. The Hall–Kier alpha value is -3.19. The van der Waals surface area contributed by atoms with Gasteiger partial charge >= 0.3 is 5.97 Å². The lowest BCUT2D eigenvalue weighted by Gasteiger charge is -2.06. The zero-order valence-corrected chi connectivity index (χ0v) is 14.8. The van der Waals surface area contributed by atoms with Gasteiger partial charge in [-0.05, 0) is 43.3 Å². The summed E-state index contributed by atoms with van der Waals surface area (Å²) < 4.78 is 6.21. The molecular formula is C18H15ClN4O3. The molecule has 0 radical (unpaired) electrons. The standard InChI is InChI=1S/C18H15ClN4O3/c1-11-16(21-22-23(11)15-8-4-6-13(19)10-15)17(24)20-14-7-3-5-12(9-14)18(25)26-2/h3-10H,1-2H3,(H,20,24). The third-order valence-corrected chi connectivity index (χ3v) is 3.94. The summed E-state index contributed by atoms with van der Waals surface area (Å²) in [5.41, 5.74) is 2.23. The smallest absolute Gasteiger partial charge is 0.337 e. The van der Waals surface area contributed by atoms with Crippen LogP contribution in [0.2, 0.25) is 5.02 Å².